The molecule has 0 atom stereocenters. The molecule has 1 fully saturated rings. The Kier molecular flexibility index (Phi) is 3.61. The zero-order valence-corrected chi connectivity index (χ0v) is 14.9. The van der Waals surface area contributed by atoms with Gasteiger partial charge in [0.1, 0.15) is 10.4 Å². The number of nitrogens with zero attached hydrogens (tertiary/aromatic N) is 5. The zero-order chi connectivity index (χ0) is 17.6. The Labute approximate surface area is 154 Å². The minimum Gasteiger partial charge on any atom is -0.338 e. The highest BCUT2D eigenvalue weighted by Gasteiger charge is 2.45. The van der Waals surface area contributed by atoms with Gasteiger partial charge in [-0.2, -0.15) is 4.68 Å². The molecule has 4 heterocycles. The van der Waals surface area contributed by atoms with E-state index in [0.29, 0.717) is 4.88 Å². The lowest BCUT2D eigenvalue weighted by Gasteiger charge is -2.40. The predicted octanol–water partition coefficient (Wildman–Crippen LogP) is 1.96. The summed E-state index contributed by atoms with van der Waals surface area (Å²) in [5.41, 5.74) is 1.57. The van der Waals surface area contributed by atoms with Gasteiger partial charge in [-0.3, -0.25) is 9.69 Å². The summed E-state index contributed by atoms with van der Waals surface area (Å²) >= 11 is 1.42. The second-order valence-electron chi connectivity index (χ2n) is 6.85. The van der Waals surface area contributed by atoms with Crippen LogP contribution in [0, 0.1) is 0 Å². The summed E-state index contributed by atoms with van der Waals surface area (Å²) in [7, 11) is 0. The molecule has 0 saturated carbocycles. The van der Waals surface area contributed by atoms with Crippen molar-refractivity contribution in [3.63, 3.8) is 0 Å². The van der Waals surface area contributed by atoms with Crippen molar-refractivity contribution < 1.29 is 4.79 Å². The van der Waals surface area contributed by atoms with E-state index in [1.54, 1.807) is 4.68 Å². The van der Waals surface area contributed by atoms with E-state index in [1.807, 2.05) is 17.5 Å². The normalized spacial score (nSPS) is 18.8. The third-order valence-corrected chi connectivity index (χ3v) is 6.19. The third kappa shape index (κ3) is 2.45. The molecule has 0 radical (unpaired) electrons. The van der Waals surface area contributed by atoms with Crippen LogP contribution in [0.3, 0.4) is 0 Å². The van der Waals surface area contributed by atoms with Crippen LogP contribution in [0.25, 0.3) is 5.69 Å². The van der Waals surface area contributed by atoms with Crippen LogP contribution < -0.4 is 5.32 Å². The Morgan fingerprint density at radius 2 is 1.96 bits per heavy atom. The third-order valence-electron chi connectivity index (χ3n) is 5.29. The van der Waals surface area contributed by atoms with Gasteiger partial charge in [0.05, 0.1) is 5.69 Å². The average Bonchev–Trinajstić information content (AvgIpc) is 3.32. The molecule has 3 aromatic rings. The minimum atomic E-state index is -0.507. The van der Waals surface area contributed by atoms with E-state index < -0.39 is 5.54 Å². The fraction of sp³-hybridized carbons (Fsp3) is 0.333. The lowest BCUT2D eigenvalue weighted by molar-refractivity contribution is 0.0788. The second kappa shape index (κ2) is 6.00. The minimum absolute atomic E-state index is 0.0428. The van der Waals surface area contributed by atoms with E-state index in [9.17, 15) is 4.79 Å². The van der Waals surface area contributed by atoms with Crippen molar-refractivity contribution in [2.24, 2.45) is 0 Å². The maximum absolute atomic E-state index is 12.8. The lowest BCUT2D eigenvalue weighted by Crippen LogP contribution is -2.53. The molecule has 1 saturated heterocycles. The smallest absolute Gasteiger partial charge is 0.264 e. The molecule has 0 unspecified atom stereocenters. The molecular formula is C18H18N6OS. The van der Waals surface area contributed by atoms with E-state index in [0.717, 1.165) is 44.0 Å². The van der Waals surface area contributed by atoms with Gasteiger partial charge in [0.2, 0.25) is 0 Å². The Hall–Kier alpha value is -2.58. The first-order chi connectivity index (χ1) is 12.8. The number of piperidine rings is 1. The molecule has 1 spiro atoms. The first-order valence-electron chi connectivity index (χ1n) is 8.71. The number of aromatic nitrogens is 4. The molecule has 1 N–H and O–H groups in total. The molecule has 8 heteroatoms. The van der Waals surface area contributed by atoms with E-state index in [2.05, 4.69) is 50.0 Å². The van der Waals surface area contributed by atoms with Gasteiger partial charge in [0, 0.05) is 19.6 Å². The molecule has 2 aliphatic heterocycles. The molecule has 1 amide bonds. The van der Waals surface area contributed by atoms with Gasteiger partial charge in [-0.25, -0.2) is 0 Å². The molecule has 1 aromatic carbocycles. The number of rotatable bonds is 2. The summed E-state index contributed by atoms with van der Waals surface area (Å²) in [6.07, 6.45) is 1.59. The van der Waals surface area contributed by atoms with E-state index in [4.69, 9.17) is 0 Å². The first-order valence-corrected chi connectivity index (χ1v) is 9.59. The van der Waals surface area contributed by atoms with Crippen molar-refractivity contribution in [3.8, 4) is 5.69 Å². The number of nitrogens with one attached hydrogen (secondary N) is 1. The topological polar surface area (TPSA) is 75.9 Å². The van der Waals surface area contributed by atoms with Crippen LogP contribution in [0.2, 0.25) is 0 Å². The molecule has 132 valence electrons. The summed E-state index contributed by atoms with van der Waals surface area (Å²) in [5.74, 6) is 0.696. The number of fused-ring (bicyclic) bond motifs is 4. The fourth-order valence-electron chi connectivity index (χ4n) is 3.90. The maximum Gasteiger partial charge on any atom is 0.264 e. The summed E-state index contributed by atoms with van der Waals surface area (Å²) < 4.78 is 1.73. The number of tetrazole rings is 1. The van der Waals surface area contributed by atoms with Gasteiger partial charge in [-0.1, -0.05) is 30.3 Å². The molecule has 0 bridgehead atoms. The number of amides is 1. The van der Waals surface area contributed by atoms with Crippen LogP contribution in [-0.2, 0) is 12.1 Å². The number of carbonyl (C=O) groups excluding carboxylic acids is 1. The van der Waals surface area contributed by atoms with Crippen LogP contribution in [0.4, 0.5) is 0 Å². The van der Waals surface area contributed by atoms with E-state index in [-0.39, 0.29) is 5.91 Å². The monoisotopic (exact) mass is 366 g/mol. The Balaban J connectivity index is 1.42. The molecule has 5 rings (SSSR count). The van der Waals surface area contributed by atoms with Gasteiger partial charge >= 0.3 is 0 Å². The Morgan fingerprint density at radius 3 is 2.77 bits per heavy atom. The fourth-order valence-corrected chi connectivity index (χ4v) is 4.67. The van der Waals surface area contributed by atoms with Crippen molar-refractivity contribution in [1.29, 1.82) is 0 Å². The van der Waals surface area contributed by atoms with E-state index in [1.165, 1.54) is 16.9 Å². The highest BCUT2D eigenvalue weighted by Crippen LogP contribution is 2.37. The first kappa shape index (κ1) is 15.7. The number of hydrogen-bond acceptors (Lipinski definition) is 6. The van der Waals surface area contributed by atoms with Crippen molar-refractivity contribution in [3.05, 3.63) is 58.0 Å². The maximum atomic E-state index is 12.8. The number of carbonyl (C=O) groups is 1. The van der Waals surface area contributed by atoms with Gasteiger partial charge in [0.25, 0.3) is 5.91 Å². The highest BCUT2D eigenvalue weighted by atomic mass is 32.1. The van der Waals surface area contributed by atoms with Crippen LogP contribution in [0.15, 0.2) is 41.8 Å². The van der Waals surface area contributed by atoms with Gasteiger partial charge in [-0.15, -0.1) is 16.4 Å². The van der Waals surface area contributed by atoms with Crippen molar-refractivity contribution in [2.45, 2.75) is 24.9 Å². The highest BCUT2D eigenvalue weighted by molar-refractivity contribution is 7.12. The molecule has 2 aromatic heterocycles. The van der Waals surface area contributed by atoms with E-state index >= 15 is 0 Å². The SMILES string of the molecule is O=C1NC2(CCN(Cc3ccccc3)CC2)c2nnnn2-c2ccsc21. The van der Waals surface area contributed by atoms with Gasteiger partial charge in [-0.05, 0) is 40.3 Å². The number of hydrogen-bond donors (Lipinski definition) is 1. The summed E-state index contributed by atoms with van der Waals surface area (Å²) in [5, 5.41) is 17.5. The summed E-state index contributed by atoms with van der Waals surface area (Å²) in [4.78, 5) is 15.9. The van der Waals surface area contributed by atoms with Crippen LogP contribution in [0.5, 0.6) is 0 Å². The Bertz CT molecular complexity index is 942. The van der Waals surface area contributed by atoms with Crippen LogP contribution >= 0.6 is 11.3 Å². The zero-order valence-electron chi connectivity index (χ0n) is 14.1. The lowest BCUT2D eigenvalue weighted by atomic mass is 9.86. The second-order valence-corrected chi connectivity index (χ2v) is 7.76. The predicted molar refractivity (Wildman–Crippen MR) is 97.1 cm³/mol. The van der Waals surface area contributed by atoms with Gasteiger partial charge in [0.15, 0.2) is 5.82 Å². The largest absolute Gasteiger partial charge is 0.338 e. The molecule has 2 aliphatic rings. The van der Waals surface area contributed by atoms with Crippen molar-refractivity contribution in [2.75, 3.05) is 13.1 Å². The quantitative estimate of drug-likeness (QED) is 0.750. The number of thiophene rings is 1. The molecule has 7 nitrogen and oxygen atoms in total. The number of likely N-dealkylation sites (tertiary alicyclic amines) is 1. The average molecular weight is 366 g/mol. The molecular weight excluding hydrogens is 348 g/mol. The molecule has 26 heavy (non-hydrogen) atoms. The van der Waals surface area contributed by atoms with Crippen LogP contribution in [0.1, 0.15) is 33.9 Å². The standard InChI is InChI=1S/C18H18N6OS/c25-16-15-14(6-11-26-15)24-17(20-21-22-24)18(19-16)7-9-23(10-8-18)12-13-4-2-1-3-5-13/h1-6,11H,7-10,12H2,(H,19,25). The van der Waals surface area contributed by atoms with Crippen molar-refractivity contribution in [1.82, 2.24) is 30.4 Å². The summed E-state index contributed by atoms with van der Waals surface area (Å²) in [6, 6.07) is 12.4. The molecule has 0 aliphatic carbocycles. The van der Waals surface area contributed by atoms with Crippen molar-refractivity contribution >= 4 is 17.2 Å². The number of benzene rings is 1. The summed E-state index contributed by atoms with van der Waals surface area (Å²) in [6.45, 7) is 2.69. The Morgan fingerprint density at radius 1 is 1.15 bits per heavy atom. The van der Waals surface area contributed by atoms with Gasteiger partial charge < -0.3 is 5.32 Å². The van der Waals surface area contributed by atoms with Crippen LogP contribution in [-0.4, -0.2) is 44.1 Å².